The molecular formula is C9H11FO2S. The zero-order valence-corrected chi connectivity index (χ0v) is 8.14. The highest BCUT2D eigenvalue weighted by molar-refractivity contribution is 7.86. The first-order chi connectivity index (χ1) is 6.04. The summed E-state index contributed by atoms with van der Waals surface area (Å²) in [6.07, 6.45) is 1.68. The van der Waals surface area contributed by atoms with Crippen LogP contribution in [0.25, 0.3) is 0 Å². The van der Waals surface area contributed by atoms with E-state index in [2.05, 4.69) is 0 Å². The van der Waals surface area contributed by atoms with Gasteiger partial charge in [0.2, 0.25) is 0 Å². The minimum atomic E-state index is -4.54. The standard InChI is InChI=1S/C9H11FO2S/c1-2-4-8-5-3-6-9(7-8)13(10,11)12/h3,5-7H,2,4H2,1H3. The molecule has 0 aromatic heterocycles. The lowest BCUT2D eigenvalue weighted by Crippen LogP contribution is -1.93. The third kappa shape index (κ3) is 2.81. The Morgan fingerprint density at radius 3 is 2.62 bits per heavy atom. The molecule has 0 spiro atoms. The highest BCUT2D eigenvalue weighted by atomic mass is 32.3. The van der Waals surface area contributed by atoms with Gasteiger partial charge in [0.1, 0.15) is 0 Å². The summed E-state index contributed by atoms with van der Waals surface area (Å²) in [5.41, 5.74) is 0.848. The van der Waals surface area contributed by atoms with E-state index in [4.69, 9.17) is 0 Å². The molecule has 4 heteroatoms. The Balaban J connectivity index is 3.06. The lowest BCUT2D eigenvalue weighted by Gasteiger charge is -1.99. The third-order valence-electron chi connectivity index (χ3n) is 1.72. The Bertz CT molecular complexity index is 384. The topological polar surface area (TPSA) is 34.1 Å². The Kier molecular flexibility index (Phi) is 3.03. The molecule has 0 atom stereocenters. The molecule has 0 amide bonds. The van der Waals surface area contributed by atoms with Crippen LogP contribution in [0.5, 0.6) is 0 Å². The molecule has 1 rings (SSSR count). The van der Waals surface area contributed by atoms with Crippen molar-refractivity contribution in [1.82, 2.24) is 0 Å². The Morgan fingerprint density at radius 2 is 2.08 bits per heavy atom. The Hall–Kier alpha value is -0.900. The van der Waals surface area contributed by atoms with E-state index < -0.39 is 10.2 Å². The number of aryl methyl sites for hydroxylation is 1. The van der Waals surface area contributed by atoms with Crippen molar-refractivity contribution in [2.24, 2.45) is 0 Å². The van der Waals surface area contributed by atoms with Crippen molar-refractivity contribution >= 4 is 10.2 Å². The Morgan fingerprint density at radius 1 is 1.38 bits per heavy atom. The molecule has 1 aromatic rings. The summed E-state index contributed by atoms with van der Waals surface area (Å²) < 4.78 is 33.6. The summed E-state index contributed by atoms with van der Waals surface area (Å²) >= 11 is 0. The van der Waals surface area contributed by atoms with Gasteiger partial charge in [-0.25, -0.2) is 0 Å². The van der Waals surface area contributed by atoms with Crippen molar-refractivity contribution in [3.05, 3.63) is 29.8 Å². The number of rotatable bonds is 3. The van der Waals surface area contributed by atoms with Crippen molar-refractivity contribution in [2.75, 3.05) is 0 Å². The summed E-state index contributed by atoms with van der Waals surface area (Å²) in [4.78, 5) is -0.251. The first kappa shape index (κ1) is 10.2. The lowest BCUT2D eigenvalue weighted by molar-refractivity contribution is 0.552. The van der Waals surface area contributed by atoms with Crippen molar-refractivity contribution in [2.45, 2.75) is 24.7 Å². The monoisotopic (exact) mass is 202 g/mol. The van der Waals surface area contributed by atoms with Crippen molar-refractivity contribution < 1.29 is 12.3 Å². The zero-order valence-electron chi connectivity index (χ0n) is 7.33. The molecule has 0 fully saturated rings. The predicted octanol–water partition coefficient (Wildman–Crippen LogP) is 2.30. The maximum atomic E-state index is 12.5. The van der Waals surface area contributed by atoms with Gasteiger partial charge >= 0.3 is 10.2 Å². The molecule has 2 nitrogen and oxygen atoms in total. The third-order valence-corrected chi connectivity index (χ3v) is 2.54. The van der Waals surface area contributed by atoms with Gasteiger partial charge in [-0.05, 0) is 24.1 Å². The second kappa shape index (κ2) is 3.87. The fourth-order valence-corrected chi connectivity index (χ4v) is 1.67. The SMILES string of the molecule is CCCc1cccc(S(=O)(=O)F)c1. The van der Waals surface area contributed by atoms with Crippen LogP contribution < -0.4 is 0 Å². The maximum Gasteiger partial charge on any atom is 0.332 e. The zero-order chi connectivity index (χ0) is 9.90. The molecule has 0 heterocycles. The molecule has 0 aliphatic carbocycles. The smallest absolute Gasteiger partial charge is 0.189 e. The van der Waals surface area contributed by atoms with E-state index in [0.717, 1.165) is 18.4 Å². The number of benzene rings is 1. The van der Waals surface area contributed by atoms with Crippen LogP contribution in [-0.4, -0.2) is 8.42 Å². The molecule has 0 saturated heterocycles. The largest absolute Gasteiger partial charge is 0.332 e. The van der Waals surface area contributed by atoms with Crippen LogP contribution >= 0.6 is 0 Å². The molecule has 0 aliphatic rings. The van der Waals surface area contributed by atoms with E-state index >= 15 is 0 Å². The lowest BCUT2D eigenvalue weighted by atomic mass is 10.1. The number of hydrogen-bond donors (Lipinski definition) is 0. The van der Waals surface area contributed by atoms with E-state index in [0.29, 0.717) is 0 Å². The molecule has 0 bridgehead atoms. The summed E-state index contributed by atoms with van der Waals surface area (Å²) in [7, 11) is -4.54. The van der Waals surface area contributed by atoms with Gasteiger partial charge in [-0.15, -0.1) is 3.89 Å². The summed E-state index contributed by atoms with van der Waals surface area (Å²) in [6.45, 7) is 1.98. The number of hydrogen-bond acceptors (Lipinski definition) is 2. The molecule has 0 unspecified atom stereocenters. The first-order valence-electron chi connectivity index (χ1n) is 4.07. The Labute approximate surface area is 77.6 Å². The summed E-state index contributed by atoms with van der Waals surface area (Å²) in [6, 6.07) is 5.98. The van der Waals surface area contributed by atoms with E-state index in [1.54, 1.807) is 12.1 Å². The van der Waals surface area contributed by atoms with Gasteiger partial charge in [0.05, 0.1) is 4.90 Å². The second-order valence-corrected chi connectivity index (χ2v) is 4.18. The average molecular weight is 202 g/mol. The van der Waals surface area contributed by atoms with E-state index in [1.165, 1.54) is 12.1 Å². The van der Waals surface area contributed by atoms with Gasteiger partial charge < -0.3 is 0 Å². The second-order valence-electron chi connectivity index (χ2n) is 2.84. The predicted molar refractivity (Wildman–Crippen MR) is 48.7 cm³/mol. The van der Waals surface area contributed by atoms with Gasteiger partial charge in [-0.3, -0.25) is 0 Å². The highest BCUT2D eigenvalue weighted by Crippen LogP contribution is 2.14. The van der Waals surface area contributed by atoms with Crippen molar-refractivity contribution in [1.29, 1.82) is 0 Å². The summed E-state index contributed by atoms with van der Waals surface area (Å²) in [5.74, 6) is 0. The molecular weight excluding hydrogens is 191 g/mol. The van der Waals surface area contributed by atoms with Crippen LogP contribution in [0.1, 0.15) is 18.9 Å². The van der Waals surface area contributed by atoms with Crippen LogP contribution in [-0.2, 0) is 16.6 Å². The van der Waals surface area contributed by atoms with E-state index in [-0.39, 0.29) is 4.90 Å². The van der Waals surface area contributed by atoms with Crippen LogP contribution in [0, 0.1) is 0 Å². The van der Waals surface area contributed by atoms with Gasteiger partial charge in [0, 0.05) is 0 Å². The highest BCUT2D eigenvalue weighted by Gasteiger charge is 2.11. The fraction of sp³-hybridized carbons (Fsp3) is 0.333. The number of halogens is 1. The van der Waals surface area contributed by atoms with E-state index in [1.807, 2.05) is 6.92 Å². The van der Waals surface area contributed by atoms with Crippen molar-refractivity contribution in [3.63, 3.8) is 0 Å². The average Bonchev–Trinajstić information content (AvgIpc) is 2.04. The van der Waals surface area contributed by atoms with Crippen molar-refractivity contribution in [3.8, 4) is 0 Å². The maximum absolute atomic E-state index is 12.5. The van der Waals surface area contributed by atoms with Crippen LogP contribution in [0.15, 0.2) is 29.2 Å². The molecule has 0 saturated carbocycles. The summed E-state index contributed by atoms with van der Waals surface area (Å²) in [5, 5.41) is 0. The molecule has 1 aromatic carbocycles. The van der Waals surface area contributed by atoms with Crippen LogP contribution in [0.2, 0.25) is 0 Å². The van der Waals surface area contributed by atoms with Crippen LogP contribution in [0.3, 0.4) is 0 Å². The van der Waals surface area contributed by atoms with Gasteiger partial charge in [0.15, 0.2) is 0 Å². The minimum Gasteiger partial charge on any atom is -0.189 e. The van der Waals surface area contributed by atoms with Crippen LogP contribution in [0.4, 0.5) is 3.89 Å². The molecule has 0 aliphatic heterocycles. The minimum absolute atomic E-state index is 0.251. The fourth-order valence-electron chi connectivity index (χ4n) is 1.14. The first-order valence-corrected chi connectivity index (χ1v) is 5.46. The van der Waals surface area contributed by atoms with E-state index in [9.17, 15) is 12.3 Å². The van der Waals surface area contributed by atoms with Gasteiger partial charge in [-0.2, -0.15) is 8.42 Å². The molecule has 0 N–H and O–H groups in total. The molecule has 0 radical (unpaired) electrons. The van der Waals surface area contributed by atoms with Gasteiger partial charge in [0.25, 0.3) is 0 Å². The molecule has 13 heavy (non-hydrogen) atoms. The normalized spacial score (nSPS) is 11.5. The van der Waals surface area contributed by atoms with Gasteiger partial charge in [-0.1, -0.05) is 25.5 Å². The quantitative estimate of drug-likeness (QED) is 0.705. The molecule has 72 valence electrons.